The minimum Gasteiger partial charge on any atom is -0.489 e. The van der Waals surface area contributed by atoms with E-state index in [1.165, 1.54) is 6.33 Å². The van der Waals surface area contributed by atoms with Gasteiger partial charge in [-0.3, -0.25) is 4.79 Å². The van der Waals surface area contributed by atoms with Crippen LogP contribution in [0.5, 0.6) is 5.75 Å². The summed E-state index contributed by atoms with van der Waals surface area (Å²) in [5.41, 5.74) is 3.72. The maximum absolute atomic E-state index is 13.5. The van der Waals surface area contributed by atoms with E-state index >= 15 is 0 Å². The van der Waals surface area contributed by atoms with Gasteiger partial charge in [0.2, 0.25) is 5.95 Å². The highest BCUT2D eigenvalue weighted by molar-refractivity contribution is 6.30. The number of carbonyl (C=O) groups excluding carboxylic acids is 1. The zero-order chi connectivity index (χ0) is 23.5. The largest absolute Gasteiger partial charge is 0.489 e. The number of halogens is 1. The van der Waals surface area contributed by atoms with Gasteiger partial charge < -0.3 is 15.4 Å². The Kier molecular flexibility index (Phi) is 6.01. The number of carbonyl (C=O) groups is 1. The summed E-state index contributed by atoms with van der Waals surface area (Å²) in [6.45, 7) is 2.26. The fourth-order valence-corrected chi connectivity index (χ4v) is 4.10. The number of aromatic nitrogens is 3. The molecule has 1 atom stereocenters. The molecule has 2 heterocycles. The minimum atomic E-state index is -0.530. The first-order valence-corrected chi connectivity index (χ1v) is 11.2. The molecule has 0 fully saturated rings. The number of benzene rings is 3. The van der Waals surface area contributed by atoms with Crippen LogP contribution in [0.25, 0.3) is 0 Å². The Morgan fingerprint density at radius 2 is 1.79 bits per heavy atom. The van der Waals surface area contributed by atoms with Crippen LogP contribution < -0.4 is 15.4 Å². The number of para-hydroxylation sites is 1. The maximum Gasteiger partial charge on any atom is 0.255 e. The average molecular weight is 472 g/mol. The lowest BCUT2D eigenvalue weighted by atomic mass is 9.94. The van der Waals surface area contributed by atoms with Gasteiger partial charge in [-0.25, -0.2) is 4.68 Å². The van der Waals surface area contributed by atoms with Crippen molar-refractivity contribution in [2.75, 3.05) is 10.6 Å². The molecule has 0 aliphatic carbocycles. The Morgan fingerprint density at radius 1 is 1.06 bits per heavy atom. The van der Waals surface area contributed by atoms with Crippen LogP contribution in [-0.2, 0) is 11.4 Å². The van der Waals surface area contributed by atoms with Crippen molar-refractivity contribution < 1.29 is 9.53 Å². The SMILES string of the molecule is CC1=C(C(=O)Nc2ccc(Cl)cc2)[C@H](c2ccccc2OCc2ccccc2)n2ncnc2N1. The smallest absolute Gasteiger partial charge is 0.255 e. The zero-order valence-corrected chi connectivity index (χ0v) is 19.2. The molecule has 34 heavy (non-hydrogen) atoms. The summed E-state index contributed by atoms with van der Waals surface area (Å²) in [5, 5.41) is 11.2. The number of amides is 1. The Balaban J connectivity index is 1.52. The number of anilines is 2. The summed E-state index contributed by atoms with van der Waals surface area (Å²) in [5.74, 6) is 0.976. The molecule has 0 saturated carbocycles. The van der Waals surface area contributed by atoms with E-state index in [2.05, 4.69) is 20.7 Å². The molecular weight excluding hydrogens is 450 g/mol. The van der Waals surface area contributed by atoms with Crippen LogP contribution in [0.3, 0.4) is 0 Å². The van der Waals surface area contributed by atoms with E-state index in [4.69, 9.17) is 16.3 Å². The number of hydrogen-bond donors (Lipinski definition) is 2. The second-order valence-electron chi connectivity index (χ2n) is 7.87. The van der Waals surface area contributed by atoms with E-state index in [0.29, 0.717) is 40.3 Å². The third-order valence-electron chi connectivity index (χ3n) is 5.59. The molecule has 7 nitrogen and oxygen atoms in total. The maximum atomic E-state index is 13.5. The molecule has 170 valence electrons. The summed E-state index contributed by atoms with van der Waals surface area (Å²) >= 11 is 5.99. The zero-order valence-electron chi connectivity index (χ0n) is 18.4. The molecule has 8 heteroatoms. The number of hydrogen-bond acceptors (Lipinski definition) is 5. The highest BCUT2D eigenvalue weighted by atomic mass is 35.5. The van der Waals surface area contributed by atoms with Crippen molar-refractivity contribution in [3.8, 4) is 5.75 Å². The molecule has 2 N–H and O–H groups in total. The van der Waals surface area contributed by atoms with Crippen molar-refractivity contribution in [3.05, 3.63) is 113 Å². The van der Waals surface area contributed by atoms with Crippen LogP contribution in [-0.4, -0.2) is 20.7 Å². The number of ether oxygens (including phenoxy) is 1. The van der Waals surface area contributed by atoms with E-state index in [1.807, 2.05) is 61.5 Å². The minimum absolute atomic E-state index is 0.253. The Hall–Kier alpha value is -4.10. The molecule has 0 bridgehead atoms. The van der Waals surface area contributed by atoms with E-state index in [-0.39, 0.29) is 5.91 Å². The van der Waals surface area contributed by atoms with E-state index in [0.717, 1.165) is 11.1 Å². The summed E-state index contributed by atoms with van der Waals surface area (Å²) in [6, 6.07) is 24.1. The first-order valence-electron chi connectivity index (χ1n) is 10.8. The molecule has 0 unspecified atom stereocenters. The number of rotatable bonds is 6. The molecule has 1 aromatic heterocycles. The number of nitrogens with one attached hydrogen (secondary N) is 2. The van der Waals surface area contributed by atoms with Gasteiger partial charge in [0.05, 0.1) is 5.57 Å². The van der Waals surface area contributed by atoms with Gasteiger partial charge in [0.1, 0.15) is 24.7 Å². The van der Waals surface area contributed by atoms with E-state index < -0.39 is 6.04 Å². The summed E-state index contributed by atoms with van der Waals surface area (Å²) in [6.07, 6.45) is 1.47. The van der Waals surface area contributed by atoms with Gasteiger partial charge in [0.25, 0.3) is 5.91 Å². The van der Waals surface area contributed by atoms with E-state index in [1.54, 1.807) is 28.9 Å². The van der Waals surface area contributed by atoms with Crippen molar-refractivity contribution in [1.29, 1.82) is 0 Å². The lowest BCUT2D eigenvalue weighted by Gasteiger charge is -2.29. The Morgan fingerprint density at radius 3 is 2.59 bits per heavy atom. The molecule has 4 aromatic rings. The van der Waals surface area contributed by atoms with Gasteiger partial charge in [-0.15, -0.1) is 0 Å². The first-order chi connectivity index (χ1) is 16.6. The third kappa shape index (κ3) is 4.38. The topological polar surface area (TPSA) is 81.1 Å². The highest BCUT2D eigenvalue weighted by Gasteiger charge is 2.35. The fraction of sp³-hybridized carbons (Fsp3) is 0.115. The van der Waals surface area contributed by atoms with E-state index in [9.17, 15) is 4.79 Å². The third-order valence-corrected chi connectivity index (χ3v) is 5.84. The second-order valence-corrected chi connectivity index (χ2v) is 8.30. The average Bonchev–Trinajstić information content (AvgIpc) is 3.32. The van der Waals surface area contributed by atoms with Gasteiger partial charge in [0, 0.05) is 22.0 Å². The second kappa shape index (κ2) is 9.41. The van der Waals surface area contributed by atoms with Gasteiger partial charge >= 0.3 is 0 Å². The number of allylic oxidation sites excluding steroid dienone is 1. The lowest BCUT2D eigenvalue weighted by Crippen LogP contribution is -2.31. The summed E-state index contributed by atoms with van der Waals surface area (Å²) < 4.78 is 7.91. The normalized spacial score (nSPS) is 14.8. The fourth-order valence-electron chi connectivity index (χ4n) is 3.98. The molecule has 1 amide bonds. The molecule has 0 radical (unpaired) electrons. The lowest BCUT2D eigenvalue weighted by molar-refractivity contribution is -0.113. The molecule has 1 aliphatic heterocycles. The van der Waals surface area contributed by atoms with Crippen molar-refractivity contribution in [1.82, 2.24) is 14.8 Å². The van der Waals surface area contributed by atoms with Crippen LogP contribution in [0.4, 0.5) is 11.6 Å². The van der Waals surface area contributed by atoms with Crippen LogP contribution >= 0.6 is 11.6 Å². The van der Waals surface area contributed by atoms with Gasteiger partial charge in [-0.05, 0) is 42.8 Å². The standard InChI is InChI=1S/C26H22ClN5O2/c1-17-23(25(33)31-20-13-11-19(27)12-14-20)24(32-26(30-17)28-16-29-32)21-9-5-6-10-22(21)34-15-18-7-3-2-4-8-18/h2-14,16,24H,15H2,1H3,(H,31,33)(H,28,29,30)/t24-/m0/s1. The van der Waals surface area contributed by atoms with Gasteiger partial charge in [-0.1, -0.05) is 60.1 Å². The molecule has 1 aliphatic rings. The molecule has 3 aromatic carbocycles. The van der Waals surface area contributed by atoms with Gasteiger partial charge in [-0.2, -0.15) is 10.1 Å². The van der Waals surface area contributed by atoms with Crippen molar-refractivity contribution in [3.63, 3.8) is 0 Å². The Labute approximate surface area is 202 Å². The highest BCUT2D eigenvalue weighted by Crippen LogP contribution is 2.39. The Bertz CT molecular complexity index is 1350. The van der Waals surface area contributed by atoms with Crippen molar-refractivity contribution in [2.45, 2.75) is 19.6 Å². The van der Waals surface area contributed by atoms with Crippen LogP contribution in [0, 0.1) is 0 Å². The predicted octanol–water partition coefficient (Wildman–Crippen LogP) is 5.44. The van der Waals surface area contributed by atoms with Crippen LogP contribution in [0.15, 0.2) is 96.5 Å². The van der Waals surface area contributed by atoms with Crippen molar-refractivity contribution in [2.24, 2.45) is 0 Å². The number of nitrogens with zero attached hydrogens (tertiary/aromatic N) is 3. The van der Waals surface area contributed by atoms with Crippen LogP contribution in [0.1, 0.15) is 24.1 Å². The predicted molar refractivity (Wildman–Crippen MR) is 132 cm³/mol. The summed E-state index contributed by atoms with van der Waals surface area (Å²) in [7, 11) is 0. The molecular formula is C26H22ClN5O2. The van der Waals surface area contributed by atoms with Crippen molar-refractivity contribution >= 4 is 29.1 Å². The van der Waals surface area contributed by atoms with Crippen LogP contribution in [0.2, 0.25) is 5.02 Å². The number of fused-ring (bicyclic) bond motifs is 1. The molecule has 0 saturated heterocycles. The monoisotopic (exact) mass is 471 g/mol. The van der Waals surface area contributed by atoms with Gasteiger partial charge in [0.15, 0.2) is 0 Å². The quantitative estimate of drug-likeness (QED) is 0.391. The molecule has 0 spiro atoms. The first kappa shape index (κ1) is 21.7. The molecule has 5 rings (SSSR count). The summed E-state index contributed by atoms with van der Waals surface area (Å²) in [4.78, 5) is 17.8.